The molecule has 0 aliphatic carbocycles. The van der Waals surface area contributed by atoms with Crippen molar-refractivity contribution in [1.82, 2.24) is 9.97 Å². The Labute approximate surface area is 109 Å². The second-order valence-corrected chi connectivity index (χ2v) is 4.14. The third kappa shape index (κ3) is 4.21. The van der Waals surface area contributed by atoms with Gasteiger partial charge in [0.1, 0.15) is 17.5 Å². The minimum Gasteiger partial charge on any atom is -0.370 e. The van der Waals surface area contributed by atoms with Crippen LogP contribution in [0.3, 0.4) is 0 Å². The fourth-order valence-corrected chi connectivity index (χ4v) is 1.51. The zero-order chi connectivity index (χ0) is 13.4. The molecular weight excluding hydrogens is 226 g/mol. The number of nitrogens with one attached hydrogen (secondary N) is 1. The van der Waals surface area contributed by atoms with Gasteiger partial charge in [0.05, 0.1) is 12.5 Å². The Morgan fingerprint density at radius 3 is 2.78 bits per heavy atom. The van der Waals surface area contributed by atoms with Gasteiger partial charge in [-0.25, -0.2) is 9.97 Å². The maximum absolute atomic E-state index is 8.61. The Balaban J connectivity index is 2.85. The van der Waals surface area contributed by atoms with Gasteiger partial charge in [-0.2, -0.15) is 5.26 Å². The molecule has 0 saturated carbocycles. The lowest BCUT2D eigenvalue weighted by Crippen LogP contribution is -2.20. The van der Waals surface area contributed by atoms with Gasteiger partial charge in [0.25, 0.3) is 0 Å². The number of rotatable bonds is 7. The van der Waals surface area contributed by atoms with E-state index >= 15 is 0 Å². The summed E-state index contributed by atoms with van der Waals surface area (Å²) >= 11 is 0. The predicted octanol–water partition coefficient (Wildman–Crippen LogP) is 2.21. The van der Waals surface area contributed by atoms with Gasteiger partial charge in [0.2, 0.25) is 0 Å². The predicted molar refractivity (Wildman–Crippen MR) is 73.7 cm³/mol. The fraction of sp³-hybridized carbons (Fsp3) is 0.615. The molecule has 1 aromatic rings. The number of hydrogen-bond acceptors (Lipinski definition) is 5. The monoisotopic (exact) mass is 247 g/mol. The number of hydrogen-bond donors (Lipinski definition) is 1. The molecular formula is C13H21N5. The Morgan fingerprint density at radius 2 is 2.17 bits per heavy atom. The van der Waals surface area contributed by atoms with E-state index in [0.717, 1.165) is 36.8 Å². The topological polar surface area (TPSA) is 64.8 Å². The zero-order valence-corrected chi connectivity index (χ0v) is 11.4. The SMILES string of the molecule is CCCNc1cc(N(C)CCC#N)nc(CC)n1. The quantitative estimate of drug-likeness (QED) is 0.800. The van der Waals surface area contributed by atoms with Crippen LogP contribution in [-0.2, 0) is 6.42 Å². The van der Waals surface area contributed by atoms with Crippen LogP contribution in [0.15, 0.2) is 6.07 Å². The van der Waals surface area contributed by atoms with Gasteiger partial charge in [0, 0.05) is 32.6 Å². The normalized spacial score (nSPS) is 9.89. The molecule has 5 nitrogen and oxygen atoms in total. The third-order valence-corrected chi connectivity index (χ3v) is 2.58. The van der Waals surface area contributed by atoms with Gasteiger partial charge < -0.3 is 10.2 Å². The van der Waals surface area contributed by atoms with E-state index in [4.69, 9.17) is 5.26 Å². The average Bonchev–Trinajstić information content (AvgIpc) is 2.41. The fourth-order valence-electron chi connectivity index (χ4n) is 1.51. The van der Waals surface area contributed by atoms with Crippen LogP contribution in [0.2, 0.25) is 0 Å². The molecule has 1 rings (SSSR count). The van der Waals surface area contributed by atoms with Crippen LogP contribution in [0.5, 0.6) is 0 Å². The van der Waals surface area contributed by atoms with Crippen LogP contribution in [-0.4, -0.2) is 30.1 Å². The molecule has 0 spiro atoms. The van der Waals surface area contributed by atoms with E-state index in [1.807, 2.05) is 24.9 Å². The van der Waals surface area contributed by atoms with Gasteiger partial charge in [-0.15, -0.1) is 0 Å². The molecule has 5 heteroatoms. The largest absolute Gasteiger partial charge is 0.370 e. The van der Waals surface area contributed by atoms with Crippen LogP contribution in [0.1, 0.15) is 32.5 Å². The summed E-state index contributed by atoms with van der Waals surface area (Å²) in [6, 6.07) is 4.08. The van der Waals surface area contributed by atoms with E-state index in [9.17, 15) is 0 Å². The Bertz CT molecular complexity index is 410. The standard InChI is InChI=1S/C13H21N5/c1-4-8-15-12-10-13(17-11(5-2)16-12)18(3)9-6-7-14/h10H,4-6,8-9H2,1-3H3,(H,15,16,17). The maximum atomic E-state index is 8.61. The molecule has 1 heterocycles. The van der Waals surface area contributed by atoms with Crippen LogP contribution in [0.25, 0.3) is 0 Å². The lowest BCUT2D eigenvalue weighted by molar-refractivity contribution is 0.850. The Hall–Kier alpha value is -1.83. The molecule has 0 atom stereocenters. The Morgan fingerprint density at radius 1 is 1.39 bits per heavy atom. The van der Waals surface area contributed by atoms with E-state index < -0.39 is 0 Å². The van der Waals surface area contributed by atoms with Gasteiger partial charge in [-0.1, -0.05) is 13.8 Å². The lowest BCUT2D eigenvalue weighted by Gasteiger charge is -2.18. The molecule has 98 valence electrons. The molecule has 0 radical (unpaired) electrons. The lowest BCUT2D eigenvalue weighted by atomic mass is 10.3. The van der Waals surface area contributed by atoms with Crippen molar-refractivity contribution in [2.75, 3.05) is 30.4 Å². The molecule has 1 N–H and O–H groups in total. The molecule has 0 bridgehead atoms. The molecule has 0 aliphatic rings. The summed E-state index contributed by atoms with van der Waals surface area (Å²) in [7, 11) is 1.95. The average molecular weight is 247 g/mol. The first-order valence-corrected chi connectivity index (χ1v) is 6.41. The second-order valence-electron chi connectivity index (χ2n) is 4.14. The van der Waals surface area contributed by atoms with Crippen molar-refractivity contribution in [3.63, 3.8) is 0 Å². The van der Waals surface area contributed by atoms with Crippen molar-refractivity contribution in [3.8, 4) is 6.07 Å². The first-order chi connectivity index (χ1) is 8.71. The summed E-state index contributed by atoms with van der Waals surface area (Å²) in [6.07, 6.45) is 2.37. The number of nitriles is 1. The van der Waals surface area contributed by atoms with E-state index in [0.29, 0.717) is 13.0 Å². The number of aromatic nitrogens is 2. The molecule has 0 fully saturated rings. The molecule has 1 aromatic heterocycles. The van der Waals surface area contributed by atoms with Crippen molar-refractivity contribution in [2.45, 2.75) is 33.1 Å². The first-order valence-electron chi connectivity index (χ1n) is 6.41. The molecule has 18 heavy (non-hydrogen) atoms. The smallest absolute Gasteiger partial charge is 0.134 e. The van der Waals surface area contributed by atoms with E-state index in [2.05, 4.69) is 28.3 Å². The molecule has 0 saturated heterocycles. The van der Waals surface area contributed by atoms with Gasteiger partial charge in [-0.3, -0.25) is 0 Å². The van der Waals surface area contributed by atoms with Gasteiger partial charge >= 0.3 is 0 Å². The summed E-state index contributed by atoms with van der Waals surface area (Å²) in [5, 5.41) is 11.9. The first kappa shape index (κ1) is 14.2. The van der Waals surface area contributed by atoms with Gasteiger partial charge in [-0.05, 0) is 6.42 Å². The minimum atomic E-state index is 0.500. The number of anilines is 2. The second kappa shape index (κ2) is 7.49. The molecule has 0 unspecified atom stereocenters. The summed E-state index contributed by atoms with van der Waals surface area (Å²) in [4.78, 5) is 10.9. The van der Waals surface area contributed by atoms with Crippen molar-refractivity contribution in [3.05, 3.63) is 11.9 Å². The van der Waals surface area contributed by atoms with Crippen LogP contribution in [0, 0.1) is 11.3 Å². The van der Waals surface area contributed by atoms with Crippen LogP contribution < -0.4 is 10.2 Å². The van der Waals surface area contributed by atoms with E-state index in [-0.39, 0.29) is 0 Å². The summed E-state index contributed by atoms with van der Waals surface area (Å²) in [6.45, 7) is 5.75. The summed E-state index contributed by atoms with van der Waals surface area (Å²) < 4.78 is 0. The highest BCUT2D eigenvalue weighted by Crippen LogP contribution is 2.15. The van der Waals surface area contributed by atoms with Crippen molar-refractivity contribution in [2.24, 2.45) is 0 Å². The highest BCUT2D eigenvalue weighted by Gasteiger charge is 2.07. The molecule has 0 aliphatic heterocycles. The minimum absolute atomic E-state index is 0.500. The maximum Gasteiger partial charge on any atom is 0.134 e. The number of nitrogens with zero attached hydrogens (tertiary/aromatic N) is 4. The molecule has 0 aromatic carbocycles. The Kier molecular flexibility index (Phi) is 5.92. The summed E-state index contributed by atoms with van der Waals surface area (Å²) in [5.41, 5.74) is 0. The van der Waals surface area contributed by atoms with Crippen molar-refractivity contribution >= 4 is 11.6 Å². The summed E-state index contributed by atoms with van der Waals surface area (Å²) in [5.74, 6) is 2.56. The van der Waals surface area contributed by atoms with E-state index in [1.165, 1.54) is 0 Å². The van der Waals surface area contributed by atoms with Gasteiger partial charge in [0.15, 0.2) is 0 Å². The van der Waals surface area contributed by atoms with E-state index in [1.54, 1.807) is 0 Å². The molecule has 0 amide bonds. The van der Waals surface area contributed by atoms with Crippen LogP contribution >= 0.6 is 0 Å². The number of aryl methyl sites for hydroxylation is 1. The highest BCUT2D eigenvalue weighted by atomic mass is 15.2. The van der Waals surface area contributed by atoms with Crippen LogP contribution in [0.4, 0.5) is 11.6 Å². The highest BCUT2D eigenvalue weighted by molar-refractivity contribution is 5.49. The van der Waals surface area contributed by atoms with Crippen molar-refractivity contribution < 1.29 is 0 Å². The third-order valence-electron chi connectivity index (χ3n) is 2.58. The van der Waals surface area contributed by atoms with Crippen molar-refractivity contribution in [1.29, 1.82) is 5.26 Å². The zero-order valence-electron chi connectivity index (χ0n) is 11.4.